The third-order valence-electron chi connectivity index (χ3n) is 3.84. The number of nitrogens with zero attached hydrogens (tertiary/aromatic N) is 1. The molecular formula is C13H14N2O4. The van der Waals surface area contributed by atoms with Gasteiger partial charge in [-0.2, -0.15) is 0 Å². The van der Waals surface area contributed by atoms with Crippen LogP contribution in [-0.2, 0) is 4.79 Å². The second kappa shape index (κ2) is 4.22. The van der Waals surface area contributed by atoms with Gasteiger partial charge in [0.25, 0.3) is 0 Å². The van der Waals surface area contributed by atoms with Crippen LogP contribution in [0.5, 0.6) is 5.75 Å². The van der Waals surface area contributed by atoms with E-state index >= 15 is 0 Å². The zero-order valence-electron chi connectivity index (χ0n) is 10.2. The molecule has 0 saturated heterocycles. The topological polar surface area (TPSA) is 92.5 Å². The van der Waals surface area contributed by atoms with Gasteiger partial charge < -0.3 is 10.4 Å². The summed E-state index contributed by atoms with van der Waals surface area (Å²) in [6, 6.07) is 3.87. The maximum absolute atomic E-state index is 11.9. The molecular weight excluding hydrogens is 248 g/mol. The van der Waals surface area contributed by atoms with Gasteiger partial charge in [-0.25, -0.2) is 0 Å². The molecule has 0 aliphatic heterocycles. The molecule has 100 valence electrons. The van der Waals surface area contributed by atoms with Crippen molar-refractivity contribution >= 4 is 17.3 Å². The molecule has 1 aromatic rings. The normalized spacial score (nSPS) is 24.8. The van der Waals surface area contributed by atoms with Crippen molar-refractivity contribution in [3.05, 3.63) is 28.3 Å². The maximum atomic E-state index is 11.9. The van der Waals surface area contributed by atoms with Crippen LogP contribution >= 0.6 is 0 Å². The number of rotatable bonds is 4. The Morgan fingerprint density at radius 2 is 2.16 bits per heavy atom. The van der Waals surface area contributed by atoms with Gasteiger partial charge in [-0.1, -0.05) is 0 Å². The first-order valence-electron chi connectivity index (χ1n) is 6.34. The molecule has 6 nitrogen and oxygen atoms in total. The Morgan fingerprint density at radius 3 is 2.79 bits per heavy atom. The Bertz CT molecular complexity index is 554. The number of hydrogen-bond acceptors (Lipinski definition) is 4. The number of nitrogens with one attached hydrogen (secondary N) is 1. The van der Waals surface area contributed by atoms with E-state index in [1.165, 1.54) is 31.0 Å². The first kappa shape index (κ1) is 12.0. The van der Waals surface area contributed by atoms with Crippen LogP contribution in [0, 0.1) is 27.9 Å². The van der Waals surface area contributed by atoms with Crippen molar-refractivity contribution in [2.24, 2.45) is 17.8 Å². The molecule has 0 spiro atoms. The van der Waals surface area contributed by atoms with Crippen LogP contribution in [0.1, 0.15) is 19.3 Å². The highest BCUT2D eigenvalue weighted by Crippen LogP contribution is 2.54. The quantitative estimate of drug-likeness (QED) is 0.494. The molecule has 6 heteroatoms. The minimum Gasteiger partial charge on any atom is -0.502 e. The Balaban J connectivity index is 1.68. The number of carbonyl (C=O) groups is 1. The van der Waals surface area contributed by atoms with Crippen molar-refractivity contribution in [3.8, 4) is 5.75 Å². The third-order valence-corrected chi connectivity index (χ3v) is 3.84. The summed E-state index contributed by atoms with van der Waals surface area (Å²) in [5, 5.41) is 22.7. The number of anilines is 1. The number of amides is 1. The molecule has 2 N–H and O–H groups in total. The molecule has 0 heterocycles. The van der Waals surface area contributed by atoms with Crippen molar-refractivity contribution in [2.75, 3.05) is 5.32 Å². The van der Waals surface area contributed by atoms with Crippen molar-refractivity contribution in [1.29, 1.82) is 0 Å². The lowest BCUT2D eigenvalue weighted by molar-refractivity contribution is -0.385. The highest BCUT2D eigenvalue weighted by Gasteiger charge is 2.51. The molecule has 2 atom stereocenters. The molecule has 2 aliphatic carbocycles. The van der Waals surface area contributed by atoms with E-state index in [2.05, 4.69) is 5.32 Å². The Hall–Kier alpha value is -2.11. The van der Waals surface area contributed by atoms with Gasteiger partial charge in [0.1, 0.15) is 0 Å². The van der Waals surface area contributed by atoms with Crippen LogP contribution in [0.15, 0.2) is 18.2 Å². The minimum absolute atomic E-state index is 0.0559. The van der Waals surface area contributed by atoms with Gasteiger partial charge in [-0.3, -0.25) is 14.9 Å². The zero-order chi connectivity index (χ0) is 13.6. The van der Waals surface area contributed by atoms with Crippen molar-refractivity contribution in [1.82, 2.24) is 0 Å². The molecule has 2 fully saturated rings. The molecule has 0 unspecified atom stereocenters. The van der Waals surface area contributed by atoms with E-state index in [1.807, 2.05) is 0 Å². The van der Waals surface area contributed by atoms with Gasteiger partial charge in [0.05, 0.1) is 4.92 Å². The number of aromatic hydroxyl groups is 1. The van der Waals surface area contributed by atoms with Crippen LogP contribution in [0.3, 0.4) is 0 Å². The summed E-state index contributed by atoms with van der Waals surface area (Å²) in [7, 11) is 0. The van der Waals surface area contributed by atoms with Crippen molar-refractivity contribution < 1.29 is 14.8 Å². The van der Waals surface area contributed by atoms with Crippen LogP contribution in [-0.4, -0.2) is 15.9 Å². The van der Waals surface area contributed by atoms with E-state index < -0.39 is 16.4 Å². The SMILES string of the molecule is O=C(Nc1ccc(O)c([N+](=O)[O-])c1)[C@@H]1C[C@H]1C1CC1. The molecule has 1 amide bonds. The second-order valence-corrected chi connectivity index (χ2v) is 5.29. The zero-order valence-corrected chi connectivity index (χ0v) is 10.2. The van der Waals surface area contributed by atoms with E-state index in [9.17, 15) is 20.0 Å². The fourth-order valence-electron chi connectivity index (χ4n) is 2.54. The summed E-state index contributed by atoms with van der Waals surface area (Å²) < 4.78 is 0. The molecule has 0 aromatic heterocycles. The summed E-state index contributed by atoms with van der Waals surface area (Å²) in [6.07, 6.45) is 3.37. The van der Waals surface area contributed by atoms with Crippen LogP contribution in [0.4, 0.5) is 11.4 Å². The Labute approximate surface area is 109 Å². The van der Waals surface area contributed by atoms with E-state index in [-0.39, 0.29) is 11.8 Å². The highest BCUT2D eigenvalue weighted by atomic mass is 16.6. The fraction of sp³-hybridized carbons (Fsp3) is 0.462. The largest absolute Gasteiger partial charge is 0.502 e. The molecule has 1 aromatic carbocycles. The first-order chi connectivity index (χ1) is 9.06. The number of nitro benzene ring substituents is 1. The van der Waals surface area contributed by atoms with Crippen LogP contribution in [0.25, 0.3) is 0 Å². The summed E-state index contributed by atoms with van der Waals surface area (Å²) in [5.74, 6) is 0.805. The van der Waals surface area contributed by atoms with Gasteiger partial charge in [0.2, 0.25) is 5.91 Å². The molecule has 3 rings (SSSR count). The lowest BCUT2D eigenvalue weighted by Gasteiger charge is -2.05. The average molecular weight is 262 g/mol. The predicted octanol–water partition coefficient (Wildman–Crippen LogP) is 2.29. The molecule has 2 saturated carbocycles. The summed E-state index contributed by atoms with van der Waals surface area (Å²) in [5.41, 5.74) is -0.0386. The molecule has 2 aliphatic rings. The molecule has 0 radical (unpaired) electrons. The van der Waals surface area contributed by atoms with Gasteiger partial charge in [0, 0.05) is 17.7 Å². The van der Waals surface area contributed by atoms with Crippen molar-refractivity contribution in [2.45, 2.75) is 19.3 Å². The van der Waals surface area contributed by atoms with Gasteiger partial charge in [0.15, 0.2) is 5.75 Å². The Kier molecular flexibility index (Phi) is 2.66. The number of phenols is 1. The monoisotopic (exact) mass is 262 g/mol. The number of hydrogen-bond donors (Lipinski definition) is 2. The second-order valence-electron chi connectivity index (χ2n) is 5.29. The summed E-state index contributed by atoms with van der Waals surface area (Å²) in [4.78, 5) is 22.0. The number of phenolic OH excluding ortho intramolecular Hbond substituents is 1. The number of carbonyl (C=O) groups excluding carboxylic acids is 1. The standard InChI is InChI=1S/C13H14N2O4/c16-12-4-3-8(5-11(12)15(18)19)14-13(17)10-6-9(10)7-1-2-7/h3-5,7,9-10,16H,1-2,6H2,(H,14,17)/t9-,10+/m0/s1. The van der Waals surface area contributed by atoms with Gasteiger partial charge in [-0.15, -0.1) is 0 Å². The van der Waals surface area contributed by atoms with E-state index in [0.29, 0.717) is 17.5 Å². The van der Waals surface area contributed by atoms with Gasteiger partial charge in [-0.05, 0) is 43.2 Å². The lowest BCUT2D eigenvalue weighted by atomic mass is 10.2. The van der Waals surface area contributed by atoms with E-state index in [1.54, 1.807) is 0 Å². The third kappa shape index (κ3) is 2.38. The maximum Gasteiger partial charge on any atom is 0.312 e. The highest BCUT2D eigenvalue weighted by molar-refractivity contribution is 5.94. The van der Waals surface area contributed by atoms with Crippen LogP contribution < -0.4 is 5.32 Å². The predicted molar refractivity (Wildman–Crippen MR) is 67.7 cm³/mol. The summed E-state index contributed by atoms with van der Waals surface area (Å²) in [6.45, 7) is 0. The average Bonchev–Trinajstić information content (AvgIpc) is 3.23. The molecule has 0 bridgehead atoms. The smallest absolute Gasteiger partial charge is 0.312 e. The lowest BCUT2D eigenvalue weighted by Crippen LogP contribution is -2.15. The first-order valence-corrected chi connectivity index (χ1v) is 6.34. The summed E-state index contributed by atoms with van der Waals surface area (Å²) >= 11 is 0. The van der Waals surface area contributed by atoms with E-state index in [4.69, 9.17) is 0 Å². The van der Waals surface area contributed by atoms with Gasteiger partial charge >= 0.3 is 5.69 Å². The van der Waals surface area contributed by atoms with E-state index in [0.717, 1.165) is 6.42 Å². The van der Waals surface area contributed by atoms with Crippen LogP contribution in [0.2, 0.25) is 0 Å². The minimum atomic E-state index is -0.672. The number of nitro groups is 1. The fourth-order valence-corrected chi connectivity index (χ4v) is 2.54. The molecule has 19 heavy (non-hydrogen) atoms. The number of benzene rings is 1. The van der Waals surface area contributed by atoms with Crippen molar-refractivity contribution in [3.63, 3.8) is 0 Å². The Morgan fingerprint density at radius 1 is 1.42 bits per heavy atom.